The number of nitrogens with one attached hydrogen (secondary N) is 2. The molecular formula is C19H48N2O4Si2. The molecule has 0 rings (SSSR count). The molecule has 0 aliphatic rings. The van der Waals surface area contributed by atoms with Gasteiger partial charge in [0.1, 0.15) is 0 Å². The molecule has 0 fully saturated rings. The Hall–Kier alpha value is 0.194. The third-order valence-electron chi connectivity index (χ3n) is 3.23. The van der Waals surface area contributed by atoms with Crippen LogP contribution in [-0.4, -0.2) is 55.0 Å². The van der Waals surface area contributed by atoms with Crippen molar-refractivity contribution in [2.75, 3.05) is 26.4 Å². The Morgan fingerprint density at radius 1 is 0.593 bits per heavy atom. The van der Waals surface area contributed by atoms with Crippen LogP contribution in [0.3, 0.4) is 0 Å². The van der Waals surface area contributed by atoms with Crippen molar-refractivity contribution in [3.63, 3.8) is 0 Å². The van der Waals surface area contributed by atoms with Gasteiger partial charge in [-0.1, -0.05) is 6.92 Å². The number of hydrogen-bond donors (Lipinski definition) is 2. The first kappa shape index (κ1) is 29.4. The van der Waals surface area contributed by atoms with E-state index in [0.717, 1.165) is 6.04 Å². The second-order valence-electron chi connectivity index (χ2n) is 8.53. The molecule has 166 valence electrons. The minimum atomic E-state index is -2.15. The van der Waals surface area contributed by atoms with Crippen molar-refractivity contribution in [1.82, 2.24) is 9.96 Å². The third kappa shape index (κ3) is 15.8. The average molecular weight is 425 g/mol. The smallest absolute Gasteiger partial charge is 0.383 e. The molecule has 0 aliphatic carbocycles. The maximum Gasteiger partial charge on any atom is 0.425 e. The molecule has 0 heterocycles. The van der Waals surface area contributed by atoms with Gasteiger partial charge in [0, 0.05) is 43.5 Å². The molecule has 0 saturated heterocycles. The van der Waals surface area contributed by atoms with E-state index in [1.165, 1.54) is 0 Å². The largest absolute Gasteiger partial charge is 0.425 e. The van der Waals surface area contributed by atoms with E-state index in [1.807, 2.05) is 34.2 Å². The van der Waals surface area contributed by atoms with E-state index in [9.17, 15) is 0 Å². The Morgan fingerprint density at radius 3 is 1.15 bits per heavy atom. The van der Waals surface area contributed by atoms with E-state index < -0.39 is 17.4 Å². The Bertz CT molecular complexity index is 360. The lowest BCUT2D eigenvalue weighted by molar-refractivity contribution is 0.161. The summed E-state index contributed by atoms with van der Waals surface area (Å²) >= 11 is 0. The molecule has 0 aromatic heterocycles. The molecule has 0 aromatic rings. The Kier molecular flexibility index (Phi) is 14.6. The zero-order valence-electron chi connectivity index (χ0n) is 20.2. The predicted octanol–water partition coefficient (Wildman–Crippen LogP) is 4.42. The lowest BCUT2D eigenvalue weighted by Gasteiger charge is -2.35. The molecule has 8 heteroatoms. The van der Waals surface area contributed by atoms with E-state index in [0.29, 0.717) is 26.4 Å². The van der Waals surface area contributed by atoms with Crippen molar-refractivity contribution < 1.29 is 17.7 Å². The summed E-state index contributed by atoms with van der Waals surface area (Å²) in [5.74, 6) is 0. The average Bonchev–Trinajstić information content (AvgIpc) is 2.45. The molecule has 0 unspecified atom stereocenters. The standard InChI is InChI=1S/C10H25NO2Si.C9H23NO2Si/c1-7-12-14(9-3,13-8-2)11-10(4,5)6;1-7-11-13(6,12-8-2)10-9(3,4)5/h11H,7-9H2,1-6H3;10H,7-8H2,1-6H3. The molecule has 2 N–H and O–H groups in total. The van der Waals surface area contributed by atoms with Gasteiger partial charge < -0.3 is 17.7 Å². The maximum absolute atomic E-state index is 5.80. The van der Waals surface area contributed by atoms with Gasteiger partial charge in [0.2, 0.25) is 0 Å². The quantitative estimate of drug-likeness (QED) is 0.479. The minimum absolute atomic E-state index is 0.0469. The van der Waals surface area contributed by atoms with Crippen LogP contribution in [-0.2, 0) is 17.7 Å². The summed E-state index contributed by atoms with van der Waals surface area (Å²) in [6, 6.07) is 0.936. The van der Waals surface area contributed by atoms with Crippen LogP contribution in [0.1, 0.15) is 76.2 Å². The zero-order chi connectivity index (χ0) is 21.8. The fourth-order valence-corrected chi connectivity index (χ4v) is 8.37. The lowest BCUT2D eigenvalue weighted by atomic mass is 10.1. The maximum atomic E-state index is 5.80. The summed E-state index contributed by atoms with van der Waals surface area (Å²) in [6.07, 6.45) is 0. The Balaban J connectivity index is 0. The van der Waals surface area contributed by atoms with Crippen molar-refractivity contribution in [3.8, 4) is 0 Å². The van der Waals surface area contributed by atoms with Crippen LogP contribution in [0.2, 0.25) is 12.6 Å². The first-order valence-electron chi connectivity index (χ1n) is 10.4. The van der Waals surface area contributed by atoms with Crippen LogP contribution in [0.25, 0.3) is 0 Å². The molecule has 0 saturated carbocycles. The van der Waals surface area contributed by atoms with E-state index >= 15 is 0 Å². The molecule has 0 radical (unpaired) electrons. The molecule has 0 bridgehead atoms. The number of rotatable bonds is 11. The van der Waals surface area contributed by atoms with E-state index in [-0.39, 0.29) is 11.1 Å². The van der Waals surface area contributed by atoms with Gasteiger partial charge in [0.25, 0.3) is 0 Å². The monoisotopic (exact) mass is 424 g/mol. The molecule has 27 heavy (non-hydrogen) atoms. The second kappa shape index (κ2) is 13.4. The summed E-state index contributed by atoms with van der Waals surface area (Å²) in [6.45, 7) is 27.8. The van der Waals surface area contributed by atoms with Gasteiger partial charge in [-0.2, -0.15) is 0 Å². The molecule has 0 spiro atoms. The van der Waals surface area contributed by atoms with Gasteiger partial charge in [-0.25, -0.2) is 0 Å². The van der Waals surface area contributed by atoms with E-state index in [2.05, 4.69) is 58.4 Å². The number of hydrogen-bond acceptors (Lipinski definition) is 6. The van der Waals surface area contributed by atoms with Gasteiger partial charge >= 0.3 is 17.4 Å². The summed E-state index contributed by atoms with van der Waals surface area (Å²) in [5.41, 5.74) is 0.0951. The van der Waals surface area contributed by atoms with Crippen LogP contribution in [0.4, 0.5) is 0 Å². The molecular weight excluding hydrogens is 376 g/mol. The van der Waals surface area contributed by atoms with Crippen molar-refractivity contribution in [2.45, 2.75) is 99.8 Å². The Morgan fingerprint density at radius 2 is 0.926 bits per heavy atom. The summed E-state index contributed by atoms with van der Waals surface area (Å²) in [5, 5.41) is 0. The Labute approximate surface area is 171 Å². The van der Waals surface area contributed by atoms with Crippen LogP contribution in [0.5, 0.6) is 0 Å². The molecule has 6 nitrogen and oxygen atoms in total. The zero-order valence-corrected chi connectivity index (χ0v) is 22.2. The van der Waals surface area contributed by atoms with Gasteiger partial charge in [-0.05, 0) is 75.8 Å². The van der Waals surface area contributed by atoms with Gasteiger partial charge in [-0.3, -0.25) is 9.96 Å². The van der Waals surface area contributed by atoms with Gasteiger partial charge in [-0.15, -0.1) is 0 Å². The van der Waals surface area contributed by atoms with Crippen LogP contribution >= 0.6 is 0 Å². The highest BCUT2D eigenvalue weighted by Crippen LogP contribution is 2.15. The fraction of sp³-hybridized carbons (Fsp3) is 1.00. The van der Waals surface area contributed by atoms with Crippen molar-refractivity contribution in [3.05, 3.63) is 0 Å². The highest BCUT2D eigenvalue weighted by atomic mass is 28.4. The van der Waals surface area contributed by atoms with Crippen LogP contribution < -0.4 is 9.96 Å². The van der Waals surface area contributed by atoms with Crippen molar-refractivity contribution in [2.24, 2.45) is 0 Å². The SMILES string of the molecule is CCO[Si](C)(NC(C)(C)C)OCC.CCO[Si](CC)(NC(C)(C)C)OCC. The summed E-state index contributed by atoms with van der Waals surface area (Å²) in [7, 11) is -4.29. The van der Waals surface area contributed by atoms with Crippen LogP contribution in [0.15, 0.2) is 0 Å². The van der Waals surface area contributed by atoms with E-state index in [4.69, 9.17) is 17.7 Å². The van der Waals surface area contributed by atoms with Crippen molar-refractivity contribution >= 4 is 17.4 Å². The minimum Gasteiger partial charge on any atom is -0.383 e. The van der Waals surface area contributed by atoms with Crippen molar-refractivity contribution in [1.29, 1.82) is 0 Å². The van der Waals surface area contributed by atoms with Gasteiger partial charge in [0.05, 0.1) is 0 Å². The lowest BCUT2D eigenvalue weighted by Crippen LogP contribution is -2.62. The molecule has 0 aromatic carbocycles. The predicted molar refractivity (Wildman–Crippen MR) is 120 cm³/mol. The third-order valence-corrected chi connectivity index (χ3v) is 9.68. The molecule has 0 aliphatic heterocycles. The highest BCUT2D eigenvalue weighted by molar-refractivity contribution is 6.65. The van der Waals surface area contributed by atoms with Gasteiger partial charge in [0.15, 0.2) is 0 Å². The topological polar surface area (TPSA) is 61.0 Å². The normalized spacial score (nSPS) is 13.3. The molecule has 0 amide bonds. The van der Waals surface area contributed by atoms with Crippen LogP contribution in [0, 0.1) is 0 Å². The van der Waals surface area contributed by atoms with E-state index in [1.54, 1.807) is 0 Å². The fourth-order valence-electron chi connectivity index (χ4n) is 2.79. The first-order valence-corrected chi connectivity index (χ1v) is 14.7. The molecule has 0 atom stereocenters. The second-order valence-corrected chi connectivity index (χ2v) is 14.3. The highest BCUT2D eigenvalue weighted by Gasteiger charge is 2.39. The summed E-state index contributed by atoms with van der Waals surface area (Å²) < 4.78 is 22.9. The first-order chi connectivity index (χ1) is 12.2. The summed E-state index contributed by atoms with van der Waals surface area (Å²) in [4.78, 5) is 6.94.